The van der Waals surface area contributed by atoms with Gasteiger partial charge in [0.05, 0.1) is 59.6 Å². The molecule has 8 nitrogen and oxygen atoms in total. The van der Waals surface area contributed by atoms with Crippen molar-refractivity contribution in [1.29, 1.82) is 5.26 Å². The zero-order valence-corrected chi connectivity index (χ0v) is 20.2. The number of hydrogen-bond donors (Lipinski definition) is 1. The minimum absolute atomic E-state index is 0.0278. The second-order valence-electron chi connectivity index (χ2n) is 6.75. The summed E-state index contributed by atoms with van der Waals surface area (Å²) in [5.41, 5.74) is 6.91. The molecule has 170 valence electrons. The van der Waals surface area contributed by atoms with E-state index in [9.17, 15) is 14.9 Å². The topological polar surface area (TPSA) is 115 Å². The third-order valence-electron chi connectivity index (χ3n) is 5.09. The molecule has 1 aliphatic rings. The fourth-order valence-electron chi connectivity index (χ4n) is 3.63. The van der Waals surface area contributed by atoms with Gasteiger partial charge in [-0.3, -0.25) is 4.90 Å². The van der Waals surface area contributed by atoms with Crippen LogP contribution in [0.25, 0.3) is 0 Å². The number of methoxy groups -OCH3 is 3. The van der Waals surface area contributed by atoms with Gasteiger partial charge >= 0.3 is 11.9 Å². The maximum atomic E-state index is 13.1. The number of hydrogen-bond acceptors (Lipinski definition) is 8. The number of nitrogens with zero attached hydrogens (tertiary/aromatic N) is 2. The highest BCUT2D eigenvalue weighted by Gasteiger charge is 2.44. The first-order valence-electron chi connectivity index (χ1n) is 9.49. The summed E-state index contributed by atoms with van der Waals surface area (Å²) in [5.74, 6) is -2.39. The van der Waals surface area contributed by atoms with Crippen LogP contribution >= 0.6 is 27.5 Å². The molecule has 0 saturated heterocycles. The average Bonchev–Trinajstić information content (AvgIpc) is 2.83. The van der Waals surface area contributed by atoms with Crippen LogP contribution in [0.5, 0.6) is 5.75 Å². The van der Waals surface area contributed by atoms with Crippen molar-refractivity contribution in [2.75, 3.05) is 26.2 Å². The summed E-state index contributed by atoms with van der Waals surface area (Å²) in [7, 11) is 3.80. The lowest BCUT2D eigenvalue weighted by Crippen LogP contribution is -2.41. The number of ether oxygens (including phenoxy) is 3. The highest BCUT2D eigenvalue weighted by molar-refractivity contribution is 9.10. The summed E-state index contributed by atoms with van der Waals surface area (Å²) in [6.45, 7) is 0. The second-order valence-corrected chi connectivity index (χ2v) is 7.95. The summed E-state index contributed by atoms with van der Waals surface area (Å²) in [4.78, 5) is 27.4. The Labute approximate surface area is 203 Å². The van der Waals surface area contributed by atoms with Crippen molar-refractivity contribution in [2.45, 2.75) is 5.92 Å². The van der Waals surface area contributed by atoms with E-state index in [1.807, 2.05) is 0 Å². The van der Waals surface area contributed by atoms with Gasteiger partial charge in [0.15, 0.2) is 0 Å². The van der Waals surface area contributed by atoms with Crippen molar-refractivity contribution < 1.29 is 23.8 Å². The van der Waals surface area contributed by atoms with Gasteiger partial charge in [-0.15, -0.1) is 0 Å². The van der Waals surface area contributed by atoms with Gasteiger partial charge in [0.2, 0.25) is 0 Å². The highest BCUT2D eigenvalue weighted by Crippen LogP contribution is 2.48. The van der Waals surface area contributed by atoms with Gasteiger partial charge in [0.25, 0.3) is 0 Å². The van der Waals surface area contributed by atoms with Crippen molar-refractivity contribution >= 4 is 45.2 Å². The molecule has 0 spiro atoms. The summed E-state index contributed by atoms with van der Waals surface area (Å²) in [6.07, 6.45) is 0. The molecule has 2 N–H and O–H groups in total. The van der Waals surface area contributed by atoms with E-state index in [-0.39, 0.29) is 33.4 Å². The lowest BCUT2D eigenvalue weighted by molar-refractivity contribution is -0.139. The molecule has 1 unspecified atom stereocenters. The molecule has 3 rings (SSSR count). The highest BCUT2D eigenvalue weighted by atomic mass is 79.9. The Morgan fingerprint density at radius 2 is 1.73 bits per heavy atom. The number of carbonyl (C=O) groups is 2. The predicted octanol–water partition coefficient (Wildman–Crippen LogP) is 4.01. The summed E-state index contributed by atoms with van der Waals surface area (Å²) < 4.78 is 15.7. The van der Waals surface area contributed by atoms with Crippen molar-refractivity contribution in [1.82, 2.24) is 0 Å². The number of benzene rings is 2. The van der Waals surface area contributed by atoms with Gasteiger partial charge in [-0.1, -0.05) is 41.9 Å². The van der Waals surface area contributed by atoms with Crippen molar-refractivity contribution in [3.63, 3.8) is 0 Å². The first-order chi connectivity index (χ1) is 15.8. The maximum absolute atomic E-state index is 13.1. The lowest BCUT2D eigenvalue weighted by Gasteiger charge is -2.36. The van der Waals surface area contributed by atoms with E-state index in [0.29, 0.717) is 15.8 Å². The number of esters is 2. The lowest BCUT2D eigenvalue weighted by atomic mass is 9.81. The fraction of sp³-hybridized carbons (Fsp3) is 0.174. The SMILES string of the molecule is COC(=O)C1=C(C(=O)OC)N(c2c(Cl)ccc(OC)c2Br)C(N)=C(C#N)C1c1ccccc1. The van der Waals surface area contributed by atoms with Crippen LogP contribution in [0.3, 0.4) is 0 Å². The molecule has 10 heteroatoms. The summed E-state index contributed by atoms with van der Waals surface area (Å²) in [6, 6.07) is 13.9. The van der Waals surface area contributed by atoms with Crippen molar-refractivity contribution in [3.05, 3.63) is 80.2 Å². The molecule has 0 aromatic heterocycles. The first kappa shape index (κ1) is 24.2. The van der Waals surface area contributed by atoms with Gasteiger partial charge in [-0.2, -0.15) is 5.26 Å². The van der Waals surface area contributed by atoms with Crippen LogP contribution in [0.4, 0.5) is 5.69 Å². The number of anilines is 1. The Morgan fingerprint density at radius 3 is 2.27 bits per heavy atom. The fourth-order valence-corrected chi connectivity index (χ4v) is 4.67. The van der Waals surface area contributed by atoms with Crippen LogP contribution in [0.1, 0.15) is 11.5 Å². The van der Waals surface area contributed by atoms with Gasteiger partial charge in [0, 0.05) is 0 Å². The van der Waals surface area contributed by atoms with E-state index in [2.05, 4.69) is 22.0 Å². The normalized spacial score (nSPS) is 15.8. The van der Waals surface area contributed by atoms with Gasteiger partial charge in [-0.05, 0) is 33.6 Å². The molecule has 0 radical (unpaired) electrons. The molecule has 0 bridgehead atoms. The molecule has 1 heterocycles. The minimum Gasteiger partial charge on any atom is -0.495 e. The number of carbonyl (C=O) groups excluding carboxylic acids is 2. The van der Waals surface area contributed by atoms with E-state index in [1.54, 1.807) is 36.4 Å². The standard InChI is InChI=1S/C23H19BrClN3O5/c1-31-15-10-9-14(25)19(18(15)24)28-20(23(30)33-3)17(22(29)32-2)16(13(11-26)21(28)27)12-7-5-4-6-8-12/h4-10,16H,27H2,1-3H3. The minimum atomic E-state index is -0.975. The number of rotatable bonds is 5. The zero-order valence-electron chi connectivity index (χ0n) is 17.9. The Bertz CT molecular complexity index is 1220. The molecule has 0 aliphatic carbocycles. The monoisotopic (exact) mass is 531 g/mol. The molecule has 0 fully saturated rings. The summed E-state index contributed by atoms with van der Waals surface area (Å²) >= 11 is 9.92. The molecule has 1 atom stereocenters. The number of halogens is 2. The van der Waals surface area contributed by atoms with Crippen LogP contribution in [0.15, 0.2) is 69.6 Å². The van der Waals surface area contributed by atoms with Crippen LogP contribution in [0, 0.1) is 11.3 Å². The third kappa shape index (κ3) is 4.15. The van der Waals surface area contributed by atoms with E-state index in [1.165, 1.54) is 32.3 Å². The van der Waals surface area contributed by atoms with E-state index < -0.39 is 17.9 Å². The number of nitrogens with two attached hydrogens (primary N) is 1. The van der Waals surface area contributed by atoms with Gasteiger partial charge < -0.3 is 19.9 Å². The Morgan fingerprint density at radius 1 is 1.09 bits per heavy atom. The first-order valence-corrected chi connectivity index (χ1v) is 10.7. The van der Waals surface area contributed by atoms with Crippen LogP contribution in [-0.4, -0.2) is 33.3 Å². The average molecular weight is 533 g/mol. The van der Waals surface area contributed by atoms with Crippen molar-refractivity contribution in [2.24, 2.45) is 5.73 Å². The molecular weight excluding hydrogens is 514 g/mol. The third-order valence-corrected chi connectivity index (χ3v) is 6.16. The molecule has 2 aromatic rings. The van der Waals surface area contributed by atoms with E-state index in [4.69, 9.17) is 31.5 Å². The predicted molar refractivity (Wildman–Crippen MR) is 125 cm³/mol. The summed E-state index contributed by atoms with van der Waals surface area (Å²) in [5, 5.41) is 10.2. The van der Waals surface area contributed by atoms with Crippen LogP contribution in [-0.2, 0) is 19.1 Å². The Balaban J connectivity index is 2.49. The molecule has 0 saturated carbocycles. The zero-order chi connectivity index (χ0) is 24.3. The van der Waals surface area contributed by atoms with E-state index >= 15 is 0 Å². The van der Waals surface area contributed by atoms with Crippen LogP contribution < -0.4 is 15.4 Å². The van der Waals surface area contributed by atoms with Gasteiger partial charge in [0.1, 0.15) is 17.3 Å². The Kier molecular flexibility index (Phi) is 7.31. The Hall–Kier alpha value is -3.48. The van der Waals surface area contributed by atoms with Crippen molar-refractivity contribution in [3.8, 4) is 11.8 Å². The molecule has 1 aliphatic heterocycles. The number of allylic oxidation sites excluding steroid dienone is 1. The smallest absolute Gasteiger partial charge is 0.355 e. The second kappa shape index (κ2) is 9.98. The van der Waals surface area contributed by atoms with Gasteiger partial charge in [-0.25, -0.2) is 9.59 Å². The largest absolute Gasteiger partial charge is 0.495 e. The maximum Gasteiger partial charge on any atom is 0.355 e. The molecular formula is C23H19BrClN3O5. The van der Waals surface area contributed by atoms with E-state index in [0.717, 1.165) is 0 Å². The van der Waals surface area contributed by atoms with Crippen LogP contribution in [0.2, 0.25) is 5.02 Å². The molecule has 0 amide bonds. The molecule has 2 aromatic carbocycles. The quantitative estimate of drug-likeness (QED) is 0.575. The number of nitriles is 1. The molecule has 33 heavy (non-hydrogen) atoms.